The minimum atomic E-state index is -0.942. The lowest BCUT2D eigenvalue weighted by atomic mass is 10.1. The van der Waals surface area contributed by atoms with Gasteiger partial charge in [0.15, 0.2) is 0 Å². The van der Waals surface area contributed by atoms with Gasteiger partial charge in [0.2, 0.25) is 5.88 Å². The van der Waals surface area contributed by atoms with E-state index in [9.17, 15) is 24.5 Å². The van der Waals surface area contributed by atoms with Gasteiger partial charge in [0.25, 0.3) is 11.6 Å². The van der Waals surface area contributed by atoms with Crippen LogP contribution in [0.4, 0.5) is 11.6 Å². The molecule has 2 rings (SSSR count). The first-order valence-electron chi connectivity index (χ1n) is 8.44. The summed E-state index contributed by atoms with van der Waals surface area (Å²) in [6, 6.07) is 3.47. The van der Waals surface area contributed by atoms with Crippen LogP contribution in [-0.2, 0) is 9.47 Å². The summed E-state index contributed by atoms with van der Waals surface area (Å²) >= 11 is 5.75. The minimum absolute atomic E-state index is 0.00136. The lowest BCUT2D eigenvalue weighted by molar-refractivity contribution is -0.385. The molecule has 11 heteroatoms. The molecule has 0 atom stereocenters. The van der Waals surface area contributed by atoms with E-state index in [1.54, 1.807) is 13.8 Å². The van der Waals surface area contributed by atoms with Crippen LogP contribution in [0.2, 0.25) is 5.02 Å². The molecule has 0 radical (unpaired) electrons. The molecule has 0 saturated carbocycles. The molecule has 0 spiro atoms. The Bertz CT molecular complexity index is 982. The number of nitro groups is 1. The van der Waals surface area contributed by atoms with Crippen LogP contribution in [0, 0.1) is 17.0 Å². The Hall–Kier alpha value is -3.40. The molecule has 1 heterocycles. The number of nitrogens with one attached hydrogen (secondary N) is 1. The minimum Gasteiger partial charge on any atom is -0.462 e. The normalized spacial score (nSPS) is 10.3. The number of benzene rings is 1. The summed E-state index contributed by atoms with van der Waals surface area (Å²) in [5.41, 5.74) is -1.40. The molecule has 0 aliphatic rings. The van der Waals surface area contributed by atoms with E-state index in [0.29, 0.717) is 0 Å². The van der Waals surface area contributed by atoms with E-state index in [2.05, 4.69) is 5.32 Å². The maximum atomic E-state index is 12.6. The summed E-state index contributed by atoms with van der Waals surface area (Å²) < 4.78 is 15.2. The van der Waals surface area contributed by atoms with Gasteiger partial charge >= 0.3 is 11.9 Å². The zero-order chi connectivity index (χ0) is 21.7. The summed E-state index contributed by atoms with van der Waals surface area (Å²) in [6.07, 6.45) is 0. The van der Waals surface area contributed by atoms with E-state index >= 15 is 0 Å². The standard InChI is InChI=1S/C18H17ClN2O8/c1-4-27-17(23)13-9(3)29-16(14(13)18(24)28-5-2)20-15(22)11-7-6-10(19)8-12(11)21(25)26/h6-8H,4-5H2,1-3H3,(H,20,22). The quantitative estimate of drug-likeness (QED) is 0.402. The molecule has 0 aliphatic heterocycles. The van der Waals surface area contributed by atoms with Crippen molar-refractivity contribution in [3.05, 3.63) is 55.8 Å². The van der Waals surface area contributed by atoms with Crippen molar-refractivity contribution in [2.45, 2.75) is 20.8 Å². The van der Waals surface area contributed by atoms with Gasteiger partial charge in [0.1, 0.15) is 22.5 Å². The molecular formula is C18H17ClN2O8. The van der Waals surface area contributed by atoms with Gasteiger partial charge < -0.3 is 13.9 Å². The van der Waals surface area contributed by atoms with Gasteiger partial charge in [0, 0.05) is 11.1 Å². The monoisotopic (exact) mass is 424 g/mol. The number of rotatable bonds is 7. The average molecular weight is 425 g/mol. The Kier molecular flexibility index (Phi) is 6.94. The predicted octanol–water partition coefficient (Wildman–Crippen LogP) is 3.76. The Morgan fingerprint density at radius 2 is 1.72 bits per heavy atom. The number of hydrogen-bond acceptors (Lipinski definition) is 8. The van der Waals surface area contributed by atoms with Gasteiger partial charge in [0.05, 0.1) is 18.1 Å². The fourth-order valence-electron chi connectivity index (χ4n) is 2.50. The number of esters is 2. The van der Waals surface area contributed by atoms with Crippen LogP contribution in [0.25, 0.3) is 0 Å². The number of nitrogens with zero attached hydrogens (tertiary/aromatic N) is 1. The Morgan fingerprint density at radius 3 is 2.28 bits per heavy atom. The molecule has 2 aromatic rings. The molecule has 0 fully saturated rings. The van der Waals surface area contributed by atoms with E-state index in [0.717, 1.165) is 12.1 Å². The number of aryl methyl sites for hydroxylation is 1. The fraction of sp³-hybridized carbons (Fsp3) is 0.278. The van der Waals surface area contributed by atoms with Crippen LogP contribution >= 0.6 is 11.6 Å². The second kappa shape index (κ2) is 9.20. The lowest BCUT2D eigenvalue weighted by Gasteiger charge is -2.07. The van der Waals surface area contributed by atoms with Crippen molar-refractivity contribution in [3.63, 3.8) is 0 Å². The highest BCUT2D eigenvalue weighted by molar-refractivity contribution is 6.31. The Labute approximate surface area is 169 Å². The van der Waals surface area contributed by atoms with Crippen molar-refractivity contribution < 1.29 is 33.2 Å². The summed E-state index contributed by atoms with van der Waals surface area (Å²) in [5, 5.41) is 13.6. The van der Waals surface area contributed by atoms with Crippen molar-refractivity contribution in [2.75, 3.05) is 18.5 Å². The number of carbonyl (C=O) groups is 3. The Morgan fingerprint density at radius 1 is 1.14 bits per heavy atom. The summed E-state index contributed by atoms with van der Waals surface area (Å²) in [5.74, 6) is -3.09. The van der Waals surface area contributed by atoms with Gasteiger partial charge in [-0.25, -0.2) is 9.59 Å². The SMILES string of the molecule is CCOC(=O)c1c(C)oc(NC(=O)c2ccc(Cl)cc2[N+](=O)[O-])c1C(=O)OCC. The molecule has 1 amide bonds. The lowest BCUT2D eigenvalue weighted by Crippen LogP contribution is -2.18. The number of anilines is 1. The molecule has 154 valence electrons. The third-order valence-corrected chi connectivity index (χ3v) is 3.91. The topological polar surface area (TPSA) is 138 Å². The van der Waals surface area contributed by atoms with Crippen molar-refractivity contribution in [3.8, 4) is 0 Å². The van der Waals surface area contributed by atoms with Crippen LogP contribution in [0.1, 0.15) is 50.7 Å². The first kappa shape index (κ1) is 21.9. The molecule has 1 aromatic carbocycles. The predicted molar refractivity (Wildman–Crippen MR) is 101 cm³/mol. The van der Waals surface area contributed by atoms with Crippen molar-refractivity contribution in [2.24, 2.45) is 0 Å². The molecule has 10 nitrogen and oxygen atoms in total. The third-order valence-electron chi connectivity index (χ3n) is 3.67. The maximum absolute atomic E-state index is 12.6. The van der Waals surface area contributed by atoms with Crippen LogP contribution in [0.3, 0.4) is 0 Å². The van der Waals surface area contributed by atoms with Crippen molar-refractivity contribution >= 4 is 41.0 Å². The molecule has 0 unspecified atom stereocenters. The number of halogens is 1. The first-order valence-corrected chi connectivity index (χ1v) is 8.81. The van der Waals surface area contributed by atoms with E-state index < -0.39 is 34.3 Å². The van der Waals surface area contributed by atoms with E-state index in [4.69, 9.17) is 25.5 Å². The summed E-state index contributed by atoms with van der Waals surface area (Å²) in [6.45, 7) is 4.59. The Balaban J connectivity index is 2.51. The molecule has 29 heavy (non-hydrogen) atoms. The number of furan rings is 1. The van der Waals surface area contributed by atoms with E-state index in [-0.39, 0.29) is 40.7 Å². The van der Waals surface area contributed by atoms with Gasteiger partial charge in [-0.05, 0) is 32.9 Å². The van der Waals surface area contributed by atoms with Gasteiger partial charge in [-0.1, -0.05) is 11.6 Å². The van der Waals surface area contributed by atoms with Crippen LogP contribution in [0.5, 0.6) is 0 Å². The number of carbonyl (C=O) groups excluding carboxylic acids is 3. The zero-order valence-electron chi connectivity index (χ0n) is 15.7. The molecular weight excluding hydrogens is 408 g/mol. The van der Waals surface area contributed by atoms with Gasteiger partial charge in [-0.3, -0.25) is 20.2 Å². The fourth-order valence-corrected chi connectivity index (χ4v) is 2.66. The molecule has 1 aromatic heterocycles. The zero-order valence-corrected chi connectivity index (χ0v) is 16.5. The van der Waals surface area contributed by atoms with Crippen molar-refractivity contribution in [1.82, 2.24) is 0 Å². The van der Waals surface area contributed by atoms with Crippen LogP contribution < -0.4 is 5.32 Å². The smallest absolute Gasteiger partial charge is 0.344 e. The van der Waals surface area contributed by atoms with E-state index in [1.807, 2.05) is 0 Å². The maximum Gasteiger partial charge on any atom is 0.344 e. The highest BCUT2D eigenvalue weighted by atomic mass is 35.5. The third kappa shape index (κ3) is 4.72. The highest BCUT2D eigenvalue weighted by Gasteiger charge is 2.32. The second-order valence-corrected chi connectivity index (χ2v) is 5.99. The molecule has 0 aliphatic carbocycles. The average Bonchev–Trinajstić information content (AvgIpc) is 2.97. The van der Waals surface area contributed by atoms with Crippen molar-refractivity contribution in [1.29, 1.82) is 0 Å². The van der Waals surface area contributed by atoms with Crippen LogP contribution in [0.15, 0.2) is 22.6 Å². The number of nitro benzene ring substituents is 1. The number of amides is 1. The van der Waals surface area contributed by atoms with Crippen LogP contribution in [-0.4, -0.2) is 36.0 Å². The number of ether oxygens (including phenoxy) is 2. The molecule has 0 bridgehead atoms. The summed E-state index contributed by atoms with van der Waals surface area (Å²) in [7, 11) is 0. The molecule has 1 N–H and O–H groups in total. The molecule has 0 saturated heterocycles. The van der Waals surface area contributed by atoms with E-state index in [1.165, 1.54) is 13.0 Å². The van der Waals surface area contributed by atoms with Gasteiger partial charge in [-0.15, -0.1) is 0 Å². The number of hydrogen-bond donors (Lipinski definition) is 1. The first-order chi connectivity index (χ1) is 13.7. The van der Waals surface area contributed by atoms with Gasteiger partial charge in [-0.2, -0.15) is 0 Å². The second-order valence-electron chi connectivity index (χ2n) is 5.55. The summed E-state index contributed by atoms with van der Waals surface area (Å²) in [4.78, 5) is 47.7. The largest absolute Gasteiger partial charge is 0.462 e. The highest BCUT2D eigenvalue weighted by Crippen LogP contribution is 2.30.